The van der Waals surface area contributed by atoms with Crippen LogP contribution in [0.25, 0.3) is 11.5 Å². The van der Waals surface area contributed by atoms with E-state index < -0.39 is 0 Å². The second-order valence-electron chi connectivity index (χ2n) is 4.56. The second-order valence-corrected chi connectivity index (χ2v) is 4.56. The molecule has 2 aromatic rings. The predicted molar refractivity (Wildman–Crippen MR) is 72.9 cm³/mol. The minimum absolute atomic E-state index is 0.153. The van der Waals surface area contributed by atoms with Gasteiger partial charge < -0.3 is 9.73 Å². The summed E-state index contributed by atoms with van der Waals surface area (Å²) in [6.45, 7) is 5.98. The normalized spacial score (nSPS) is 10.9. The monoisotopic (exact) mass is 261 g/mol. The van der Waals surface area contributed by atoms with Gasteiger partial charge in [0.1, 0.15) is 11.5 Å². The van der Waals surface area contributed by atoms with Gasteiger partial charge >= 0.3 is 0 Å². The van der Waals surface area contributed by atoms with Crippen molar-refractivity contribution in [1.82, 2.24) is 15.5 Å². The lowest BCUT2D eigenvalue weighted by Gasteiger charge is -2.13. The smallest absolute Gasteiger partial charge is 0.272 e. The van der Waals surface area contributed by atoms with E-state index in [0.717, 1.165) is 18.6 Å². The Morgan fingerprint density at radius 1 is 1.42 bits per heavy atom. The molecular weight excluding hydrogens is 242 g/mol. The molecular formula is C14H19N3O2. The van der Waals surface area contributed by atoms with Gasteiger partial charge in [-0.15, -0.1) is 0 Å². The Hall–Kier alpha value is -2.04. The molecule has 0 spiro atoms. The summed E-state index contributed by atoms with van der Waals surface area (Å²) in [4.78, 5) is 12.0. The lowest BCUT2D eigenvalue weighted by Crippen LogP contribution is -2.33. The van der Waals surface area contributed by atoms with Crippen LogP contribution in [0.3, 0.4) is 0 Å². The van der Waals surface area contributed by atoms with Crippen LogP contribution in [0.1, 0.15) is 42.9 Å². The number of aromatic nitrogens is 2. The number of furan rings is 1. The Kier molecular flexibility index (Phi) is 4.04. The van der Waals surface area contributed by atoms with Crippen LogP contribution >= 0.6 is 0 Å². The van der Waals surface area contributed by atoms with E-state index in [2.05, 4.69) is 29.4 Å². The van der Waals surface area contributed by atoms with Crippen molar-refractivity contribution < 1.29 is 9.21 Å². The molecule has 0 aliphatic heterocycles. The zero-order chi connectivity index (χ0) is 13.8. The molecule has 2 rings (SSSR count). The minimum atomic E-state index is -0.153. The molecule has 0 saturated heterocycles. The maximum Gasteiger partial charge on any atom is 0.272 e. The number of carbonyl (C=O) groups is 1. The van der Waals surface area contributed by atoms with Crippen LogP contribution in [0, 0.1) is 6.92 Å². The number of hydrogen-bond donors (Lipinski definition) is 2. The van der Waals surface area contributed by atoms with E-state index in [0.29, 0.717) is 17.1 Å². The van der Waals surface area contributed by atoms with Crippen LogP contribution in [0.5, 0.6) is 0 Å². The van der Waals surface area contributed by atoms with E-state index in [-0.39, 0.29) is 11.9 Å². The summed E-state index contributed by atoms with van der Waals surface area (Å²) < 4.78 is 5.48. The van der Waals surface area contributed by atoms with Crippen molar-refractivity contribution in [1.29, 1.82) is 0 Å². The number of carbonyl (C=O) groups excluding carboxylic acids is 1. The zero-order valence-electron chi connectivity index (χ0n) is 11.5. The maximum absolute atomic E-state index is 12.0. The third-order valence-corrected chi connectivity index (χ3v) is 3.14. The lowest BCUT2D eigenvalue weighted by molar-refractivity contribution is 0.0930. The molecule has 0 aliphatic carbocycles. The Balaban J connectivity index is 2.10. The van der Waals surface area contributed by atoms with Crippen LogP contribution in [0.2, 0.25) is 0 Å². The summed E-state index contributed by atoms with van der Waals surface area (Å²) in [7, 11) is 0. The summed E-state index contributed by atoms with van der Waals surface area (Å²) in [6.07, 6.45) is 1.83. The molecule has 2 N–H and O–H groups in total. The van der Waals surface area contributed by atoms with Crippen molar-refractivity contribution in [2.45, 2.75) is 39.7 Å². The molecule has 0 radical (unpaired) electrons. The number of aryl methyl sites for hydroxylation is 1. The van der Waals surface area contributed by atoms with Crippen molar-refractivity contribution in [2.75, 3.05) is 0 Å². The van der Waals surface area contributed by atoms with Gasteiger partial charge in [-0.2, -0.15) is 5.10 Å². The number of amides is 1. The molecule has 2 aromatic heterocycles. The van der Waals surface area contributed by atoms with E-state index in [1.165, 1.54) is 0 Å². The molecule has 0 aliphatic rings. The SMILES string of the molecule is CCC(CC)NC(=O)c1cc(-c2ccc(C)o2)[nH]n1. The largest absolute Gasteiger partial charge is 0.460 e. The van der Waals surface area contributed by atoms with Crippen molar-refractivity contribution in [3.8, 4) is 11.5 Å². The van der Waals surface area contributed by atoms with Gasteiger partial charge in [0.05, 0.1) is 0 Å². The highest BCUT2D eigenvalue weighted by atomic mass is 16.3. The fourth-order valence-electron chi connectivity index (χ4n) is 1.90. The summed E-state index contributed by atoms with van der Waals surface area (Å²) in [6, 6.07) is 5.63. The summed E-state index contributed by atoms with van der Waals surface area (Å²) >= 11 is 0. The van der Waals surface area contributed by atoms with Crippen LogP contribution in [0.4, 0.5) is 0 Å². The molecule has 0 saturated carbocycles. The van der Waals surface area contributed by atoms with Crippen LogP contribution < -0.4 is 5.32 Å². The number of H-pyrrole nitrogens is 1. The van der Waals surface area contributed by atoms with Gasteiger partial charge in [0.15, 0.2) is 11.5 Å². The van der Waals surface area contributed by atoms with E-state index in [1.54, 1.807) is 6.07 Å². The molecule has 5 heteroatoms. The first-order valence-electron chi connectivity index (χ1n) is 6.57. The highest BCUT2D eigenvalue weighted by Crippen LogP contribution is 2.20. The third-order valence-electron chi connectivity index (χ3n) is 3.14. The molecule has 5 nitrogen and oxygen atoms in total. The van der Waals surface area contributed by atoms with E-state index in [1.807, 2.05) is 19.1 Å². The van der Waals surface area contributed by atoms with Gasteiger partial charge in [-0.05, 0) is 31.9 Å². The highest BCUT2D eigenvalue weighted by molar-refractivity contribution is 5.93. The van der Waals surface area contributed by atoms with E-state index in [9.17, 15) is 4.79 Å². The Bertz CT molecular complexity index is 553. The topological polar surface area (TPSA) is 70.9 Å². The predicted octanol–water partition coefficient (Wildman–Crippen LogP) is 2.90. The Labute approximate surface area is 112 Å². The zero-order valence-corrected chi connectivity index (χ0v) is 11.5. The van der Waals surface area contributed by atoms with E-state index >= 15 is 0 Å². The van der Waals surface area contributed by atoms with Crippen molar-refractivity contribution >= 4 is 5.91 Å². The average Bonchev–Trinajstić information content (AvgIpc) is 3.04. The quantitative estimate of drug-likeness (QED) is 0.869. The highest BCUT2D eigenvalue weighted by Gasteiger charge is 2.15. The van der Waals surface area contributed by atoms with E-state index in [4.69, 9.17) is 4.42 Å². The molecule has 0 atom stereocenters. The van der Waals surface area contributed by atoms with Gasteiger partial charge in [-0.3, -0.25) is 9.89 Å². The maximum atomic E-state index is 12.0. The molecule has 0 aromatic carbocycles. The van der Waals surface area contributed by atoms with Crippen LogP contribution in [-0.4, -0.2) is 22.1 Å². The first-order chi connectivity index (χ1) is 9.13. The van der Waals surface area contributed by atoms with Crippen LogP contribution in [-0.2, 0) is 0 Å². The first kappa shape index (κ1) is 13.4. The number of aromatic amines is 1. The van der Waals surface area contributed by atoms with Gasteiger partial charge in [0, 0.05) is 12.1 Å². The fourth-order valence-corrected chi connectivity index (χ4v) is 1.90. The molecule has 102 valence electrons. The van der Waals surface area contributed by atoms with Crippen molar-refractivity contribution in [3.63, 3.8) is 0 Å². The molecule has 1 amide bonds. The molecule has 0 unspecified atom stereocenters. The molecule has 0 bridgehead atoms. The first-order valence-corrected chi connectivity index (χ1v) is 6.57. The number of hydrogen-bond acceptors (Lipinski definition) is 3. The van der Waals surface area contributed by atoms with Crippen LogP contribution in [0.15, 0.2) is 22.6 Å². The summed E-state index contributed by atoms with van der Waals surface area (Å²) in [5, 5.41) is 9.80. The van der Waals surface area contributed by atoms with Crippen molar-refractivity contribution in [2.24, 2.45) is 0 Å². The Morgan fingerprint density at radius 2 is 2.16 bits per heavy atom. The van der Waals surface area contributed by atoms with Gasteiger partial charge in [0.2, 0.25) is 0 Å². The number of nitrogens with one attached hydrogen (secondary N) is 2. The third kappa shape index (κ3) is 3.05. The molecule has 0 fully saturated rings. The number of rotatable bonds is 5. The van der Waals surface area contributed by atoms with Gasteiger partial charge in [-0.25, -0.2) is 0 Å². The number of nitrogens with zero attached hydrogens (tertiary/aromatic N) is 1. The van der Waals surface area contributed by atoms with Crippen molar-refractivity contribution in [3.05, 3.63) is 29.7 Å². The Morgan fingerprint density at radius 3 is 2.74 bits per heavy atom. The standard InChI is InChI=1S/C14H19N3O2/c1-4-10(5-2)15-14(18)12-8-11(16-17-12)13-7-6-9(3)19-13/h6-8,10H,4-5H2,1-3H3,(H,15,18)(H,16,17). The van der Waals surface area contributed by atoms with Gasteiger partial charge in [0.25, 0.3) is 5.91 Å². The second kappa shape index (κ2) is 5.73. The lowest BCUT2D eigenvalue weighted by atomic mass is 10.1. The summed E-state index contributed by atoms with van der Waals surface area (Å²) in [5.74, 6) is 1.36. The molecule has 2 heterocycles. The average molecular weight is 261 g/mol. The molecule has 19 heavy (non-hydrogen) atoms. The fraction of sp³-hybridized carbons (Fsp3) is 0.429. The summed E-state index contributed by atoms with van der Waals surface area (Å²) in [5.41, 5.74) is 1.10. The minimum Gasteiger partial charge on any atom is -0.460 e. The van der Waals surface area contributed by atoms with Gasteiger partial charge in [-0.1, -0.05) is 13.8 Å².